The largest absolute Gasteiger partial charge is 0.370 e. The Morgan fingerprint density at radius 3 is 1.91 bits per heavy atom. The van der Waals surface area contributed by atoms with Crippen LogP contribution in [0.15, 0.2) is 88.7 Å². The number of para-hydroxylation sites is 2. The molecule has 0 bridgehead atoms. The zero-order chi connectivity index (χ0) is 25.3. The summed E-state index contributed by atoms with van der Waals surface area (Å²) in [6.07, 6.45) is 1.92. The van der Waals surface area contributed by atoms with Crippen LogP contribution in [0.4, 0.5) is 11.4 Å². The van der Waals surface area contributed by atoms with Crippen molar-refractivity contribution >= 4 is 31.4 Å². The van der Waals surface area contributed by atoms with Crippen LogP contribution in [0.5, 0.6) is 0 Å². The molecule has 4 rings (SSSR count). The van der Waals surface area contributed by atoms with Gasteiger partial charge < -0.3 is 4.90 Å². The van der Waals surface area contributed by atoms with E-state index in [1.54, 1.807) is 12.1 Å². The first kappa shape index (κ1) is 25.2. The first-order valence-electron chi connectivity index (χ1n) is 11.5. The highest BCUT2D eigenvalue weighted by atomic mass is 32.2. The summed E-state index contributed by atoms with van der Waals surface area (Å²) in [6, 6.07) is 23.1. The van der Waals surface area contributed by atoms with Crippen LogP contribution in [-0.2, 0) is 25.5 Å². The molecule has 3 aromatic rings. The lowest BCUT2D eigenvalue weighted by molar-refractivity contribution is 0.362. The fourth-order valence-electron chi connectivity index (χ4n) is 4.41. The van der Waals surface area contributed by atoms with Crippen molar-refractivity contribution in [3.8, 4) is 0 Å². The number of sulfonamides is 2. The number of anilines is 2. The Morgan fingerprint density at radius 1 is 0.771 bits per heavy atom. The number of nitrogens with one attached hydrogen (secondary N) is 1. The Bertz CT molecular complexity index is 1380. The van der Waals surface area contributed by atoms with E-state index < -0.39 is 20.0 Å². The van der Waals surface area contributed by atoms with Crippen molar-refractivity contribution < 1.29 is 16.8 Å². The van der Waals surface area contributed by atoms with Gasteiger partial charge in [0.05, 0.1) is 21.2 Å². The average molecular weight is 514 g/mol. The lowest BCUT2D eigenvalue weighted by Gasteiger charge is -2.41. The van der Waals surface area contributed by atoms with Crippen LogP contribution >= 0.6 is 0 Å². The Kier molecular flexibility index (Phi) is 6.95. The maximum Gasteiger partial charge on any atom is 0.261 e. The Labute approximate surface area is 208 Å². The minimum atomic E-state index is -3.91. The summed E-state index contributed by atoms with van der Waals surface area (Å²) in [6.45, 7) is 3.90. The van der Waals surface area contributed by atoms with Gasteiger partial charge in [-0.2, -0.15) is 0 Å². The van der Waals surface area contributed by atoms with Gasteiger partial charge in [-0.3, -0.25) is 4.72 Å². The number of piperidine rings is 1. The minimum Gasteiger partial charge on any atom is -0.370 e. The van der Waals surface area contributed by atoms with Crippen molar-refractivity contribution in [2.24, 2.45) is 0 Å². The maximum atomic E-state index is 13.1. The summed E-state index contributed by atoms with van der Waals surface area (Å²) < 4.78 is 54.6. The molecule has 186 valence electrons. The molecular formula is C26H31N3O4S2. The highest BCUT2D eigenvalue weighted by Crippen LogP contribution is 2.38. The van der Waals surface area contributed by atoms with Crippen molar-refractivity contribution in [2.45, 2.75) is 35.0 Å². The zero-order valence-corrected chi connectivity index (χ0v) is 21.8. The van der Waals surface area contributed by atoms with Crippen LogP contribution in [0, 0.1) is 0 Å². The molecule has 0 atom stereocenters. The second kappa shape index (κ2) is 9.64. The summed E-state index contributed by atoms with van der Waals surface area (Å²) >= 11 is 0. The molecule has 1 aliphatic heterocycles. The maximum absolute atomic E-state index is 13.1. The minimum absolute atomic E-state index is 0.000283. The molecule has 0 radical (unpaired) electrons. The molecule has 1 heterocycles. The predicted molar refractivity (Wildman–Crippen MR) is 140 cm³/mol. The molecule has 3 aromatic carbocycles. The molecule has 1 aliphatic rings. The van der Waals surface area contributed by atoms with E-state index in [2.05, 4.69) is 40.8 Å². The average Bonchev–Trinajstić information content (AvgIpc) is 2.85. The number of hydrogen-bond donors (Lipinski definition) is 1. The van der Waals surface area contributed by atoms with Crippen molar-refractivity contribution in [3.63, 3.8) is 0 Å². The molecule has 0 saturated carbocycles. The van der Waals surface area contributed by atoms with Gasteiger partial charge in [-0.25, -0.2) is 21.1 Å². The fourth-order valence-corrected chi connectivity index (χ4v) is 6.39. The number of rotatable bonds is 7. The van der Waals surface area contributed by atoms with Crippen LogP contribution in [0.2, 0.25) is 0 Å². The first-order valence-corrected chi connectivity index (χ1v) is 14.4. The van der Waals surface area contributed by atoms with Crippen LogP contribution in [0.25, 0.3) is 0 Å². The molecule has 9 heteroatoms. The Balaban J connectivity index is 1.53. The molecule has 0 aromatic heterocycles. The quantitative estimate of drug-likeness (QED) is 0.509. The molecule has 1 N–H and O–H groups in total. The highest BCUT2D eigenvalue weighted by Gasteiger charge is 2.32. The monoisotopic (exact) mass is 513 g/mol. The molecule has 1 saturated heterocycles. The molecule has 0 amide bonds. The topological polar surface area (TPSA) is 86.8 Å². The fraction of sp³-hybridized carbons (Fsp3) is 0.308. The van der Waals surface area contributed by atoms with E-state index in [-0.39, 0.29) is 15.2 Å². The van der Waals surface area contributed by atoms with Crippen LogP contribution in [0.3, 0.4) is 0 Å². The molecule has 35 heavy (non-hydrogen) atoms. The highest BCUT2D eigenvalue weighted by molar-refractivity contribution is 7.92. The van der Waals surface area contributed by atoms with E-state index >= 15 is 0 Å². The molecular weight excluding hydrogens is 482 g/mol. The lowest BCUT2D eigenvalue weighted by atomic mass is 9.74. The van der Waals surface area contributed by atoms with E-state index in [9.17, 15) is 16.8 Å². The van der Waals surface area contributed by atoms with E-state index in [4.69, 9.17) is 0 Å². The van der Waals surface area contributed by atoms with Gasteiger partial charge in [0, 0.05) is 27.2 Å². The number of nitrogens with zero attached hydrogens (tertiary/aromatic N) is 2. The molecule has 0 unspecified atom stereocenters. The predicted octanol–water partition coefficient (Wildman–Crippen LogP) is 4.30. The van der Waals surface area contributed by atoms with Crippen molar-refractivity contribution in [1.29, 1.82) is 0 Å². The molecule has 7 nitrogen and oxygen atoms in total. The van der Waals surface area contributed by atoms with Gasteiger partial charge >= 0.3 is 0 Å². The van der Waals surface area contributed by atoms with E-state index in [1.807, 2.05) is 18.2 Å². The third-order valence-corrected chi connectivity index (χ3v) is 9.95. The van der Waals surface area contributed by atoms with Gasteiger partial charge in [0.1, 0.15) is 0 Å². The van der Waals surface area contributed by atoms with Crippen molar-refractivity contribution in [1.82, 2.24) is 4.31 Å². The van der Waals surface area contributed by atoms with Gasteiger partial charge in [-0.1, -0.05) is 49.4 Å². The van der Waals surface area contributed by atoms with Gasteiger partial charge in [0.2, 0.25) is 10.0 Å². The van der Waals surface area contributed by atoms with E-state index in [0.717, 1.165) is 35.9 Å². The second-order valence-corrected chi connectivity index (χ2v) is 13.1. The summed E-state index contributed by atoms with van der Waals surface area (Å²) in [5.74, 6) is 0. The van der Waals surface area contributed by atoms with Crippen LogP contribution in [-0.4, -0.2) is 48.3 Å². The van der Waals surface area contributed by atoms with E-state index in [0.29, 0.717) is 5.69 Å². The third-order valence-electron chi connectivity index (χ3n) is 6.74. The molecule has 1 fully saturated rings. The summed E-state index contributed by atoms with van der Waals surface area (Å²) in [7, 11) is -4.68. The summed E-state index contributed by atoms with van der Waals surface area (Å²) in [5, 5.41) is 0. The van der Waals surface area contributed by atoms with Gasteiger partial charge in [-0.05, 0) is 60.2 Å². The SMILES string of the molecule is CN(C)S(=O)(=O)c1ccc(S(=O)(=O)Nc2ccccc2N2CCC(C)(c3ccccc3)CC2)cc1. The van der Waals surface area contributed by atoms with Crippen molar-refractivity contribution in [2.75, 3.05) is 36.8 Å². The number of benzene rings is 3. The lowest BCUT2D eigenvalue weighted by Crippen LogP contribution is -2.41. The Morgan fingerprint density at radius 2 is 1.31 bits per heavy atom. The standard InChI is InChI=1S/C26H31N3O4S2/c1-26(21-9-5-4-6-10-21)17-19-29(20-18-26)25-12-8-7-11-24(25)27-34(30,31)22-13-15-23(16-14-22)35(32,33)28(2)3/h4-16,27H,17-20H2,1-3H3. The van der Waals surface area contributed by atoms with Crippen LogP contribution < -0.4 is 9.62 Å². The van der Waals surface area contributed by atoms with Gasteiger partial charge in [0.25, 0.3) is 10.0 Å². The van der Waals surface area contributed by atoms with E-state index in [1.165, 1.54) is 43.9 Å². The third kappa shape index (κ3) is 5.22. The Hall–Kier alpha value is -2.88. The van der Waals surface area contributed by atoms with Gasteiger partial charge in [-0.15, -0.1) is 0 Å². The normalized spacial score (nSPS) is 16.3. The van der Waals surface area contributed by atoms with Crippen LogP contribution in [0.1, 0.15) is 25.3 Å². The summed E-state index contributed by atoms with van der Waals surface area (Å²) in [4.78, 5) is 2.26. The zero-order valence-electron chi connectivity index (χ0n) is 20.2. The van der Waals surface area contributed by atoms with Crippen molar-refractivity contribution in [3.05, 3.63) is 84.4 Å². The first-order chi connectivity index (χ1) is 16.5. The molecule has 0 spiro atoms. The molecule has 0 aliphatic carbocycles. The second-order valence-electron chi connectivity index (χ2n) is 9.30. The number of hydrogen-bond acceptors (Lipinski definition) is 5. The summed E-state index contributed by atoms with van der Waals surface area (Å²) in [5.41, 5.74) is 2.74. The van der Waals surface area contributed by atoms with Gasteiger partial charge in [0.15, 0.2) is 0 Å². The smallest absolute Gasteiger partial charge is 0.261 e.